The maximum Gasteiger partial charge on any atom is 0.191 e. The Hall–Kier alpha value is -1.50. The van der Waals surface area contributed by atoms with Crippen LogP contribution in [0.4, 0.5) is 0 Å². The second-order valence-corrected chi connectivity index (χ2v) is 7.41. The quantitative estimate of drug-likeness (QED) is 0.516. The molecule has 2 aromatic carbocycles. The molecule has 0 N–H and O–H groups in total. The molecule has 0 radical (unpaired) electrons. The van der Waals surface area contributed by atoms with Crippen LogP contribution in [-0.4, -0.2) is 14.8 Å². The van der Waals surface area contributed by atoms with Gasteiger partial charge in [-0.1, -0.05) is 51.4 Å². The van der Waals surface area contributed by atoms with Crippen molar-refractivity contribution < 1.29 is 4.74 Å². The van der Waals surface area contributed by atoms with Crippen LogP contribution in [0.2, 0.25) is 5.02 Å². The van der Waals surface area contributed by atoms with Gasteiger partial charge in [0.2, 0.25) is 0 Å². The standard InChI is InChI=1S/C17H15BrClN3OS/c1-22-16(10-23-15-7-5-13(18)6-8-15)20-21-17(22)24-11-12-3-2-4-14(19)9-12/h2-9H,10-11H2,1H3. The molecule has 0 atom stereocenters. The molecule has 0 aliphatic heterocycles. The van der Waals surface area contributed by atoms with Gasteiger partial charge in [0.1, 0.15) is 12.4 Å². The van der Waals surface area contributed by atoms with Crippen LogP contribution in [0.5, 0.6) is 5.75 Å². The topological polar surface area (TPSA) is 39.9 Å². The van der Waals surface area contributed by atoms with E-state index in [1.54, 1.807) is 11.8 Å². The van der Waals surface area contributed by atoms with Crippen LogP contribution in [0.3, 0.4) is 0 Å². The zero-order chi connectivity index (χ0) is 16.9. The van der Waals surface area contributed by atoms with Gasteiger partial charge in [0, 0.05) is 22.3 Å². The number of aromatic nitrogens is 3. The van der Waals surface area contributed by atoms with E-state index in [1.807, 2.05) is 60.1 Å². The zero-order valence-corrected chi connectivity index (χ0v) is 16.1. The minimum absolute atomic E-state index is 0.378. The average molecular weight is 425 g/mol. The van der Waals surface area contributed by atoms with E-state index in [9.17, 15) is 0 Å². The van der Waals surface area contributed by atoms with E-state index in [0.717, 1.165) is 37.5 Å². The molecule has 0 unspecified atom stereocenters. The Kier molecular flexibility index (Phi) is 5.81. The highest BCUT2D eigenvalue weighted by molar-refractivity contribution is 9.10. The molecule has 0 spiro atoms. The summed E-state index contributed by atoms with van der Waals surface area (Å²) in [5.74, 6) is 2.38. The number of benzene rings is 2. The van der Waals surface area contributed by atoms with Gasteiger partial charge in [-0.25, -0.2) is 0 Å². The molecule has 24 heavy (non-hydrogen) atoms. The highest BCUT2D eigenvalue weighted by Gasteiger charge is 2.10. The molecule has 0 fully saturated rings. The Morgan fingerprint density at radius 3 is 2.71 bits per heavy atom. The molecule has 3 rings (SSSR count). The van der Waals surface area contributed by atoms with E-state index < -0.39 is 0 Å². The molecule has 0 aliphatic carbocycles. The normalized spacial score (nSPS) is 10.8. The van der Waals surface area contributed by atoms with Crippen molar-refractivity contribution in [3.05, 3.63) is 69.4 Å². The average Bonchev–Trinajstić information content (AvgIpc) is 2.93. The number of thioether (sulfide) groups is 1. The van der Waals surface area contributed by atoms with Gasteiger partial charge < -0.3 is 9.30 Å². The third-order valence-electron chi connectivity index (χ3n) is 3.36. The van der Waals surface area contributed by atoms with Crippen molar-refractivity contribution in [3.63, 3.8) is 0 Å². The van der Waals surface area contributed by atoms with Crippen LogP contribution in [0.25, 0.3) is 0 Å². The Bertz CT molecular complexity index is 823. The molecule has 0 aliphatic rings. The molecule has 7 heteroatoms. The van der Waals surface area contributed by atoms with Crippen molar-refractivity contribution in [1.82, 2.24) is 14.8 Å². The summed E-state index contributed by atoms with van der Waals surface area (Å²) in [4.78, 5) is 0. The summed E-state index contributed by atoms with van der Waals surface area (Å²) >= 11 is 11.0. The van der Waals surface area contributed by atoms with Crippen molar-refractivity contribution in [2.45, 2.75) is 17.5 Å². The summed E-state index contributed by atoms with van der Waals surface area (Å²) in [7, 11) is 1.95. The molecule has 0 saturated heterocycles. The van der Waals surface area contributed by atoms with Gasteiger partial charge in [0.15, 0.2) is 11.0 Å². The number of hydrogen-bond donors (Lipinski definition) is 0. The Labute approximate surface area is 158 Å². The first-order chi connectivity index (χ1) is 11.6. The Morgan fingerprint density at radius 2 is 1.96 bits per heavy atom. The van der Waals surface area contributed by atoms with Crippen LogP contribution >= 0.6 is 39.3 Å². The maximum absolute atomic E-state index is 6.01. The second kappa shape index (κ2) is 8.05. The molecule has 0 bridgehead atoms. The van der Waals surface area contributed by atoms with E-state index in [-0.39, 0.29) is 0 Å². The Balaban J connectivity index is 1.60. The number of hydrogen-bond acceptors (Lipinski definition) is 4. The SMILES string of the molecule is Cn1c(COc2ccc(Br)cc2)nnc1SCc1cccc(Cl)c1. The molecule has 124 valence electrons. The van der Waals surface area contributed by atoms with Crippen molar-refractivity contribution >= 4 is 39.3 Å². The summed E-state index contributed by atoms with van der Waals surface area (Å²) < 4.78 is 8.72. The highest BCUT2D eigenvalue weighted by atomic mass is 79.9. The summed E-state index contributed by atoms with van der Waals surface area (Å²) in [5, 5.41) is 10.0. The van der Waals surface area contributed by atoms with Crippen LogP contribution in [0.15, 0.2) is 58.2 Å². The van der Waals surface area contributed by atoms with E-state index in [2.05, 4.69) is 26.1 Å². The van der Waals surface area contributed by atoms with Crippen molar-refractivity contribution in [2.75, 3.05) is 0 Å². The fraction of sp³-hybridized carbons (Fsp3) is 0.176. The molecular formula is C17H15BrClN3OS. The van der Waals surface area contributed by atoms with Gasteiger partial charge in [-0.2, -0.15) is 0 Å². The van der Waals surface area contributed by atoms with Crippen LogP contribution in [0.1, 0.15) is 11.4 Å². The summed E-state index contributed by atoms with van der Waals surface area (Å²) in [6.45, 7) is 0.378. The number of rotatable bonds is 6. The summed E-state index contributed by atoms with van der Waals surface area (Å²) in [6.07, 6.45) is 0. The predicted molar refractivity (Wildman–Crippen MR) is 100 cm³/mol. The predicted octanol–water partition coefficient (Wildman–Crippen LogP) is 5.10. The molecule has 0 saturated carbocycles. The lowest BCUT2D eigenvalue weighted by molar-refractivity contribution is 0.290. The third-order valence-corrected chi connectivity index (χ3v) is 5.22. The van der Waals surface area contributed by atoms with Gasteiger partial charge in [0.25, 0.3) is 0 Å². The van der Waals surface area contributed by atoms with Gasteiger partial charge in [-0.05, 0) is 42.0 Å². The maximum atomic E-state index is 6.01. The number of nitrogens with zero attached hydrogens (tertiary/aromatic N) is 3. The number of ether oxygens (including phenoxy) is 1. The fourth-order valence-corrected chi connectivity index (χ4v) is 3.40. The van der Waals surface area contributed by atoms with Crippen molar-refractivity contribution in [3.8, 4) is 5.75 Å². The van der Waals surface area contributed by atoms with E-state index >= 15 is 0 Å². The van der Waals surface area contributed by atoms with Crippen molar-refractivity contribution in [1.29, 1.82) is 0 Å². The molecule has 1 aromatic heterocycles. The van der Waals surface area contributed by atoms with E-state index in [1.165, 1.54) is 0 Å². The number of halogens is 2. The largest absolute Gasteiger partial charge is 0.486 e. The molecular weight excluding hydrogens is 410 g/mol. The lowest BCUT2D eigenvalue weighted by atomic mass is 10.2. The van der Waals surface area contributed by atoms with Gasteiger partial charge >= 0.3 is 0 Å². The smallest absolute Gasteiger partial charge is 0.191 e. The molecule has 3 aromatic rings. The lowest BCUT2D eigenvalue weighted by Gasteiger charge is -2.07. The van der Waals surface area contributed by atoms with Crippen LogP contribution in [-0.2, 0) is 19.4 Å². The van der Waals surface area contributed by atoms with E-state index in [0.29, 0.717) is 6.61 Å². The minimum atomic E-state index is 0.378. The lowest BCUT2D eigenvalue weighted by Crippen LogP contribution is -2.04. The fourth-order valence-electron chi connectivity index (χ4n) is 2.05. The molecule has 0 amide bonds. The summed E-state index contributed by atoms with van der Waals surface area (Å²) in [5.41, 5.74) is 1.16. The minimum Gasteiger partial charge on any atom is -0.486 e. The third kappa shape index (κ3) is 4.53. The first kappa shape index (κ1) is 17.3. The molecule has 1 heterocycles. The van der Waals surface area contributed by atoms with E-state index in [4.69, 9.17) is 16.3 Å². The zero-order valence-electron chi connectivity index (χ0n) is 12.9. The first-order valence-corrected chi connectivity index (χ1v) is 9.41. The van der Waals surface area contributed by atoms with Gasteiger partial charge in [0.05, 0.1) is 0 Å². The summed E-state index contributed by atoms with van der Waals surface area (Å²) in [6, 6.07) is 15.5. The Morgan fingerprint density at radius 1 is 1.17 bits per heavy atom. The van der Waals surface area contributed by atoms with Gasteiger partial charge in [-0.15, -0.1) is 10.2 Å². The van der Waals surface area contributed by atoms with Crippen molar-refractivity contribution in [2.24, 2.45) is 7.05 Å². The van der Waals surface area contributed by atoms with Gasteiger partial charge in [-0.3, -0.25) is 0 Å². The van der Waals surface area contributed by atoms with Crippen LogP contribution in [0, 0.1) is 0 Å². The monoisotopic (exact) mass is 423 g/mol. The van der Waals surface area contributed by atoms with Crippen LogP contribution < -0.4 is 4.74 Å². The first-order valence-electron chi connectivity index (χ1n) is 7.26. The molecule has 4 nitrogen and oxygen atoms in total. The second-order valence-electron chi connectivity index (χ2n) is 5.12. The highest BCUT2D eigenvalue weighted by Crippen LogP contribution is 2.23.